The molecule has 27 heavy (non-hydrogen) atoms. The average molecular weight is 376 g/mol. The number of phenols is 2. The molecule has 0 unspecified atom stereocenters. The molecule has 0 bridgehead atoms. The van der Waals surface area contributed by atoms with Gasteiger partial charge in [-0.3, -0.25) is 9.89 Å². The van der Waals surface area contributed by atoms with Crippen LogP contribution in [0.15, 0.2) is 42.5 Å². The van der Waals surface area contributed by atoms with E-state index in [4.69, 9.17) is 0 Å². The van der Waals surface area contributed by atoms with E-state index in [0.29, 0.717) is 0 Å². The van der Waals surface area contributed by atoms with Gasteiger partial charge in [-0.15, -0.1) is 0 Å². The highest BCUT2D eigenvalue weighted by Crippen LogP contribution is 2.34. The summed E-state index contributed by atoms with van der Waals surface area (Å²) in [6.45, 7) is -3.13. The third-order valence-electron chi connectivity index (χ3n) is 3.55. The Hall–Kier alpha value is -3.69. The lowest BCUT2D eigenvalue weighted by atomic mass is 10.2. The van der Waals surface area contributed by atoms with E-state index >= 15 is 0 Å². The molecule has 0 atom stereocenters. The number of carbonyl (C=O) groups is 1. The van der Waals surface area contributed by atoms with Crippen LogP contribution in [0.2, 0.25) is 0 Å². The molecular weight excluding hydrogens is 362 g/mol. The molecular formula is C17H14F2N4O4. The van der Waals surface area contributed by atoms with Gasteiger partial charge in [0.05, 0.1) is 17.7 Å². The molecule has 0 spiro atoms. The third kappa shape index (κ3) is 4.11. The number of H-pyrrole nitrogens is 1. The van der Waals surface area contributed by atoms with Gasteiger partial charge in [0.25, 0.3) is 5.91 Å². The summed E-state index contributed by atoms with van der Waals surface area (Å²) in [5, 5.41) is 28.4. The minimum absolute atomic E-state index is 0.0526. The highest BCUT2D eigenvalue weighted by Gasteiger charge is 2.17. The van der Waals surface area contributed by atoms with Gasteiger partial charge in [-0.1, -0.05) is 18.2 Å². The highest BCUT2D eigenvalue weighted by molar-refractivity contribution is 5.96. The predicted octanol–water partition coefficient (Wildman–Crippen LogP) is 2.41. The van der Waals surface area contributed by atoms with Crippen LogP contribution in [0, 0.1) is 0 Å². The molecule has 0 fully saturated rings. The van der Waals surface area contributed by atoms with Crippen molar-refractivity contribution in [3.05, 3.63) is 53.9 Å². The number of hydrogen-bond donors (Lipinski definition) is 4. The molecule has 8 nitrogen and oxygen atoms in total. The number of nitrogens with zero attached hydrogens (tertiary/aromatic N) is 2. The lowest BCUT2D eigenvalue weighted by Gasteiger charge is -2.10. The van der Waals surface area contributed by atoms with Crippen LogP contribution in [0.1, 0.15) is 16.2 Å². The van der Waals surface area contributed by atoms with E-state index in [1.54, 1.807) is 0 Å². The van der Waals surface area contributed by atoms with E-state index in [9.17, 15) is 23.8 Å². The van der Waals surface area contributed by atoms with Crippen LogP contribution in [-0.4, -0.2) is 37.9 Å². The number of carbonyl (C=O) groups excluding carboxylic acids is 1. The smallest absolute Gasteiger partial charge is 0.387 e. The maximum absolute atomic E-state index is 12.4. The van der Waals surface area contributed by atoms with Gasteiger partial charge in [0.1, 0.15) is 11.6 Å². The molecule has 0 aliphatic heterocycles. The molecule has 1 heterocycles. The number of para-hydroxylation sites is 2. The lowest BCUT2D eigenvalue weighted by molar-refractivity contribution is -0.0501. The fourth-order valence-corrected chi connectivity index (χ4v) is 2.32. The SMILES string of the molecule is O=C(NCc1nc(-c2cccc(O)c2O)n[nH]1)c1ccccc1OC(F)F. The van der Waals surface area contributed by atoms with Gasteiger partial charge in [-0.2, -0.15) is 13.9 Å². The number of rotatable bonds is 6. The number of aromatic nitrogens is 3. The molecule has 1 amide bonds. The van der Waals surface area contributed by atoms with Crippen molar-refractivity contribution in [2.24, 2.45) is 0 Å². The molecule has 1 aromatic heterocycles. The fraction of sp³-hybridized carbons (Fsp3) is 0.118. The quantitative estimate of drug-likeness (QED) is 0.491. The Kier molecular flexibility index (Phi) is 5.15. The molecule has 0 radical (unpaired) electrons. The van der Waals surface area contributed by atoms with Gasteiger partial charge in [-0.05, 0) is 24.3 Å². The van der Waals surface area contributed by atoms with Crippen molar-refractivity contribution in [2.45, 2.75) is 13.2 Å². The van der Waals surface area contributed by atoms with Crippen molar-refractivity contribution in [1.82, 2.24) is 20.5 Å². The number of benzene rings is 2. The van der Waals surface area contributed by atoms with Crippen LogP contribution in [0.3, 0.4) is 0 Å². The first-order chi connectivity index (χ1) is 13.0. The number of nitrogens with one attached hydrogen (secondary N) is 2. The highest BCUT2D eigenvalue weighted by atomic mass is 19.3. The summed E-state index contributed by atoms with van der Waals surface area (Å²) in [5.74, 6) is -1.19. The molecule has 0 aliphatic carbocycles. The van der Waals surface area contributed by atoms with Crippen LogP contribution >= 0.6 is 0 Å². The molecule has 0 saturated carbocycles. The number of ether oxygens (including phenoxy) is 1. The molecule has 0 saturated heterocycles. The van der Waals surface area contributed by atoms with Crippen molar-refractivity contribution < 1.29 is 28.5 Å². The summed E-state index contributed by atoms with van der Waals surface area (Å²) in [5.41, 5.74) is 0.155. The minimum atomic E-state index is -3.05. The van der Waals surface area contributed by atoms with Crippen LogP contribution in [0.25, 0.3) is 11.4 Å². The largest absolute Gasteiger partial charge is 0.504 e. The second-order valence-corrected chi connectivity index (χ2v) is 5.34. The van der Waals surface area contributed by atoms with Gasteiger partial charge >= 0.3 is 6.61 Å². The molecule has 140 valence electrons. The first-order valence-electron chi connectivity index (χ1n) is 7.70. The van der Waals surface area contributed by atoms with Crippen LogP contribution in [-0.2, 0) is 6.54 Å². The summed E-state index contributed by atoms with van der Waals surface area (Å²) in [7, 11) is 0. The van der Waals surface area contributed by atoms with E-state index in [1.807, 2.05) is 0 Å². The van der Waals surface area contributed by atoms with Crippen LogP contribution in [0.5, 0.6) is 17.2 Å². The van der Waals surface area contributed by atoms with Crippen molar-refractivity contribution >= 4 is 5.91 Å². The summed E-state index contributed by atoms with van der Waals surface area (Å²) in [6, 6.07) is 9.94. The zero-order valence-corrected chi connectivity index (χ0v) is 13.7. The zero-order valence-electron chi connectivity index (χ0n) is 13.7. The molecule has 3 aromatic rings. The van der Waals surface area contributed by atoms with E-state index in [2.05, 4.69) is 25.2 Å². The zero-order chi connectivity index (χ0) is 19.4. The number of aromatic hydroxyl groups is 2. The number of phenolic OH excluding ortho intramolecular Hbond substituents is 2. The first kappa shape index (κ1) is 18.1. The maximum atomic E-state index is 12.4. The Morgan fingerprint density at radius 3 is 2.74 bits per heavy atom. The van der Waals surface area contributed by atoms with Gasteiger partial charge in [0.2, 0.25) is 0 Å². The first-order valence-corrected chi connectivity index (χ1v) is 7.70. The monoisotopic (exact) mass is 376 g/mol. The van der Waals surface area contributed by atoms with Crippen LogP contribution < -0.4 is 10.1 Å². The predicted molar refractivity (Wildman–Crippen MR) is 89.4 cm³/mol. The third-order valence-corrected chi connectivity index (χ3v) is 3.55. The Bertz CT molecular complexity index is 962. The standard InChI is InChI=1S/C17H14F2N4O4/c18-17(19)27-12-7-2-1-4-9(12)16(26)20-8-13-21-15(23-22-13)10-5-3-6-11(24)14(10)25/h1-7,17,24-25H,8H2,(H,20,26)(H,21,22,23). The van der Waals surface area contributed by atoms with Gasteiger partial charge in [0.15, 0.2) is 17.3 Å². The van der Waals surface area contributed by atoms with Gasteiger partial charge < -0.3 is 20.3 Å². The summed E-state index contributed by atoms with van der Waals surface area (Å²) < 4.78 is 29.2. The molecule has 10 heteroatoms. The molecule has 0 aliphatic rings. The molecule has 3 rings (SSSR count). The van der Waals surface area contributed by atoms with Crippen molar-refractivity contribution in [1.29, 1.82) is 0 Å². The number of hydrogen-bond acceptors (Lipinski definition) is 6. The van der Waals surface area contributed by atoms with Crippen LogP contribution in [0.4, 0.5) is 8.78 Å². The Morgan fingerprint density at radius 1 is 1.19 bits per heavy atom. The topological polar surface area (TPSA) is 120 Å². The lowest BCUT2D eigenvalue weighted by Crippen LogP contribution is -2.24. The van der Waals surface area contributed by atoms with E-state index in [0.717, 1.165) is 0 Å². The number of halogens is 2. The summed E-state index contributed by atoms with van der Waals surface area (Å²) in [6.07, 6.45) is 0. The molecule has 2 aromatic carbocycles. The molecule has 4 N–H and O–H groups in total. The van der Waals surface area contributed by atoms with Gasteiger partial charge in [0, 0.05) is 0 Å². The van der Waals surface area contributed by atoms with Crippen molar-refractivity contribution in [3.8, 4) is 28.6 Å². The normalized spacial score (nSPS) is 10.8. The fourth-order valence-electron chi connectivity index (χ4n) is 2.32. The Labute approximate surface area is 151 Å². The maximum Gasteiger partial charge on any atom is 0.387 e. The second-order valence-electron chi connectivity index (χ2n) is 5.34. The van der Waals surface area contributed by atoms with E-state index in [1.165, 1.54) is 42.5 Å². The second kappa shape index (κ2) is 7.68. The number of alkyl halides is 2. The number of amides is 1. The van der Waals surface area contributed by atoms with Crippen molar-refractivity contribution in [2.75, 3.05) is 0 Å². The summed E-state index contributed by atoms with van der Waals surface area (Å²) >= 11 is 0. The van der Waals surface area contributed by atoms with Gasteiger partial charge in [-0.25, -0.2) is 4.98 Å². The van der Waals surface area contributed by atoms with E-state index in [-0.39, 0.29) is 46.6 Å². The van der Waals surface area contributed by atoms with E-state index < -0.39 is 12.5 Å². The number of aromatic amines is 1. The minimum Gasteiger partial charge on any atom is -0.504 e. The Morgan fingerprint density at radius 2 is 1.96 bits per heavy atom. The Balaban J connectivity index is 1.71. The average Bonchev–Trinajstić information content (AvgIpc) is 3.11. The van der Waals surface area contributed by atoms with Crippen molar-refractivity contribution in [3.63, 3.8) is 0 Å². The summed E-state index contributed by atoms with van der Waals surface area (Å²) in [4.78, 5) is 16.3.